The molecule has 1 aromatic carbocycles. The van der Waals surface area contributed by atoms with E-state index in [2.05, 4.69) is 4.90 Å². The molecule has 1 aromatic rings. The molecule has 11 heteroatoms. The molecule has 40 heavy (non-hydrogen) atoms. The third-order valence-corrected chi connectivity index (χ3v) is 9.69. The maximum Gasteiger partial charge on any atom is 0.235 e. The Bertz CT molecular complexity index is 1310. The number of carbonyl (C=O) groups is 5. The number of benzene rings is 1. The van der Waals surface area contributed by atoms with Gasteiger partial charge in [0.2, 0.25) is 5.91 Å². The SMILES string of the molecule is CCN(Cc1cc(O)c2c(c1F)C[C@H]1C[C@H]3[C@H](N(C)C)C(=O)C(C(N)=O)C(=O)[C@@]3(O)C(=O)C1C2=O)C1CCCC1. The molecule has 6 atom stereocenters. The third kappa shape index (κ3) is 4.04. The molecule has 10 nitrogen and oxygen atoms in total. The Morgan fingerprint density at radius 2 is 1.80 bits per heavy atom. The summed E-state index contributed by atoms with van der Waals surface area (Å²) in [4.78, 5) is 69.7. The van der Waals surface area contributed by atoms with E-state index in [1.807, 2.05) is 6.92 Å². The van der Waals surface area contributed by atoms with Gasteiger partial charge in [-0.15, -0.1) is 0 Å². The first-order valence-electron chi connectivity index (χ1n) is 14.0. The monoisotopic (exact) mass is 557 g/mol. The van der Waals surface area contributed by atoms with Gasteiger partial charge in [0.1, 0.15) is 11.6 Å². The fourth-order valence-electron chi connectivity index (χ4n) is 7.81. The molecule has 2 unspecified atom stereocenters. The number of carbonyl (C=O) groups excluding carboxylic acids is 5. The zero-order valence-corrected chi connectivity index (χ0v) is 23.0. The van der Waals surface area contributed by atoms with Crippen LogP contribution in [0.25, 0.3) is 0 Å². The van der Waals surface area contributed by atoms with Gasteiger partial charge in [-0.1, -0.05) is 19.8 Å². The molecule has 3 saturated carbocycles. The van der Waals surface area contributed by atoms with Crippen LogP contribution in [0, 0.1) is 29.5 Å². The minimum absolute atomic E-state index is 0.00634. The van der Waals surface area contributed by atoms with E-state index in [-0.39, 0.29) is 36.1 Å². The van der Waals surface area contributed by atoms with Crippen LogP contribution in [-0.4, -0.2) is 87.4 Å². The number of aromatic hydroxyl groups is 1. The lowest BCUT2D eigenvalue weighted by atomic mass is 9.52. The summed E-state index contributed by atoms with van der Waals surface area (Å²) < 4.78 is 16.0. The topological polar surface area (TPSA) is 158 Å². The van der Waals surface area contributed by atoms with E-state index < -0.39 is 75.9 Å². The maximum atomic E-state index is 16.0. The number of Topliss-reactive ketones (excluding diaryl/α,β-unsaturated/α-hetero) is 4. The van der Waals surface area contributed by atoms with Gasteiger partial charge in [-0.3, -0.25) is 33.8 Å². The second kappa shape index (κ2) is 10.1. The second-order valence-electron chi connectivity index (χ2n) is 12.0. The molecule has 0 aliphatic heterocycles. The van der Waals surface area contributed by atoms with Crippen LogP contribution < -0.4 is 5.73 Å². The number of hydrogen-bond donors (Lipinski definition) is 3. The summed E-state index contributed by atoms with van der Waals surface area (Å²) >= 11 is 0. The van der Waals surface area contributed by atoms with Gasteiger partial charge in [-0.05, 0) is 58.3 Å². The molecular weight excluding hydrogens is 521 g/mol. The smallest absolute Gasteiger partial charge is 0.235 e. The van der Waals surface area contributed by atoms with Crippen molar-refractivity contribution in [2.45, 2.75) is 69.7 Å². The number of phenols is 1. The molecule has 0 saturated heterocycles. The zero-order valence-electron chi connectivity index (χ0n) is 23.0. The van der Waals surface area contributed by atoms with Crippen molar-refractivity contribution >= 4 is 29.0 Å². The number of primary amides is 1. The first-order valence-corrected chi connectivity index (χ1v) is 14.0. The number of nitrogens with zero attached hydrogens (tertiary/aromatic N) is 2. The first-order chi connectivity index (χ1) is 18.8. The number of phenolic OH excluding ortho intramolecular Hbond substituents is 1. The van der Waals surface area contributed by atoms with Crippen molar-refractivity contribution in [3.05, 3.63) is 28.6 Å². The molecular formula is C29H36FN3O7. The Morgan fingerprint density at radius 3 is 2.38 bits per heavy atom. The van der Waals surface area contributed by atoms with Crippen molar-refractivity contribution in [1.82, 2.24) is 9.80 Å². The number of amides is 1. The summed E-state index contributed by atoms with van der Waals surface area (Å²) in [6.45, 7) is 2.95. The molecule has 4 aliphatic carbocycles. The molecule has 0 bridgehead atoms. The van der Waals surface area contributed by atoms with Crippen molar-refractivity contribution in [2.24, 2.45) is 29.4 Å². The molecule has 4 aliphatic rings. The second-order valence-corrected chi connectivity index (χ2v) is 12.0. The molecule has 0 radical (unpaired) electrons. The minimum atomic E-state index is -2.80. The third-order valence-electron chi connectivity index (χ3n) is 9.69. The van der Waals surface area contributed by atoms with E-state index in [1.165, 1.54) is 25.1 Å². The molecule has 1 amide bonds. The van der Waals surface area contributed by atoms with Gasteiger partial charge in [-0.2, -0.15) is 0 Å². The number of aliphatic hydroxyl groups is 1. The van der Waals surface area contributed by atoms with Gasteiger partial charge in [0.15, 0.2) is 34.7 Å². The van der Waals surface area contributed by atoms with Gasteiger partial charge < -0.3 is 15.9 Å². The predicted octanol–water partition coefficient (Wildman–Crippen LogP) is 0.771. The molecule has 5 rings (SSSR count). The number of ketones is 4. The van der Waals surface area contributed by atoms with Gasteiger partial charge >= 0.3 is 0 Å². The van der Waals surface area contributed by atoms with Crippen molar-refractivity contribution < 1.29 is 38.6 Å². The Morgan fingerprint density at radius 1 is 1.15 bits per heavy atom. The molecule has 0 spiro atoms. The van der Waals surface area contributed by atoms with E-state index in [9.17, 15) is 34.2 Å². The summed E-state index contributed by atoms with van der Waals surface area (Å²) in [5.41, 5.74) is 2.47. The fourth-order valence-corrected chi connectivity index (χ4v) is 7.81. The number of hydrogen-bond acceptors (Lipinski definition) is 9. The number of likely N-dealkylation sites (N-methyl/N-ethyl adjacent to an activating group) is 1. The lowest BCUT2D eigenvalue weighted by Crippen LogP contribution is -2.74. The van der Waals surface area contributed by atoms with Crippen LogP contribution in [0.3, 0.4) is 0 Å². The Balaban J connectivity index is 1.55. The Labute approximate surface area is 231 Å². The highest BCUT2D eigenvalue weighted by molar-refractivity contribution is 6.32. The number of rotatable bonds is 6. The Kier molecular flexibility index (Phi) is 7.21. The van der Waals surface area contributed by atoms with Gasteiger partial charge in [0.05, 0.1) is 17.5 Å². The summed E-state index contributed by atoms with van der Waals surface area (Å²) in [6, 6.07) is 0.344. The Hall–Kier alpha value is -3.02. The number of nitrogens with two attached hydrogens (primary N) is 1. The highest BCUT2D eigenvalue weighted by Gasteiger charge is 2.69. The zero-order chi connectivity index (χ0) is 29.3. The average Bonchev–Trinajstić information content (AvgIpc) is 3.41. The van der Waals surface area contributed by atoms with Crippen LogP contribution in [0.2, 0.25) is 0 Å². The predicted molar refractivity (Wildman–Crippen MR) is 140 cm³/mol. The molecule has 216 valence electrons. The van der Waals surface area contributed by atoms with E-state index in [0.29, 0.717) is 12.6 Å². The highest BCUT2D eigenvalue weighted by atomic mass is 19.1. The van der Waals surface area contributed by atoms with Gasteiger partial charge in [-0.25, -0.2) is 4.39 Å². The first kappa shape index (κ1) is 28.5. The quantitative estimate of drug-likeness (QED) is 0.430. The lowest BCUT2D eigenvalue weighted by Gasteiger charge is -2.52. The van der Waals surface area contributed by atoms with E-state index >= 15 is 4.39 Å². The van der Waals surface area contributed by atoms with Crippen LogP contribution in [0.15, 0.2) is 6.07 Å². The van der Waals surface area contributed by atoms with Gasteiger partial charge in [0, 0.05) is 29.6 Å². The highest BCUT2D eigenvalue weighted by Crippen LogP contribution is 2.51. The van der Waals surface area contributed by atoms with Crippen LogP contribution in [0.5, 0.6) is 5.75 Å². The summed E-state index contributed by atoms with van der Waals surface area (Å²) in [5.74, 6) is -12.1. The van der Waals surface area contributed by atoms with Crippen molar-refractivity contribution in [2.75, 3.05) is 20.6 Å². The molecule has 0 heterocycles. The molecule has 3 fully saturated rings. The van der Waals surface area contributed by atoms with Crippen molar-refractivity contribution in [1.29, 1.82) is 0 Å². The van der Waals surface area contributed by atoms with E-state index in [4.69, 9.17) is 5.73 Å². The van der Waals surface area contributed by atoms with Gasteiger partial charge in [0.25, 0.3) is 0 Å². The molecule has 0 aromatic heterocycles. The van der Waals surface area contributed by atoms with Crippen LogP contribution in [0.1, 0.15) is 60.5 Å². The van der Waals surface area contributed by atoms with E-state index in [0.717, 1.165) is 25.7 Å². The molecule has 4 N–H and O–H groups in total. The lowest BCUT2D eigenvalue weighted by molar-refractivity contribution is -0.181. The van der Waals surface area contributed by atoms with Crippen LogP contribution >= 0.6 is 0 Å². The maximum absolute atomic E-state index is 16.0. The standard InChI is InChI=1S/C29H36FN3O7/c1-4-33(15-7-5-6-8-15)12-14-11-18(34)20-16(22(14)30)9-13-10-17-23(32(2)3)25(36)21(28(31)39)27(38)29(17,40)26(37)19(13)24(20)35/h11,13,15,17,19,21,23,34,40H,4-10,12H2,1-3H3,(H2,31,39)/t13-,17-,19?,21?,23-,29-/m0/s1. The normalized spacial score (nSPS) is 32.4. The largest absolute Gasteiger partial charge is 0.507 e. The van der Waals surface area contributed by atoms with Crippen molar-refractivity contribution in [3.63, 3.8) is 0 Å². The number of fused-ring (bicyclic) bond motifs is 3. The summed E-state index contributed by atoms with van der Waals surface area (Å²) in [5, 5.41) is 22.5. The number of halogens is 1. The summed E-state index contributed by atoms with van der Waals surface area (Å²) in [7, 11) is 3.03. The van der Waals surface area contributed by atoms with Crippen LogP contribution in [-0.2, 0) is 32.1 Å². The van der Waals surface area contributed by atoms with Crippen LogP contribution in [0.4, 0.5) is 4.39 Å². The summed E-state index contributed by atoms with van der Waals surface area (Å²) in [6.07, 6.45) is 4.05. The van der Waals surface area contributed by atoms with Crippen molar-refractivity contribution in [3.8, 4) is 5.75 Å². The van der Waals surface area contributed by atoms with E-state index in [1.54, 1.807) is 0 Å². The minimum Gasteiger partial charge on any atom is -0.507 e. The fraction of sp³-hybridized carbons (Fsp3) is 0.621. The average molecular weight is 558 g/mol.